The predicted molar refractivity (Wildman–Crippen MR) is 211 cm³/mol. The summed E-state index contributed by atoms with van der Waals surface area (Å²) < 4.78 is 60.7. The second kappa shape index (κ2) is 20.8. The Kier molecular flexibility index (Phi) is 16.9. The molecular formula is C34H48N7O19P3S-4. The van der Waals surface area contributed by atoms with Gasteiger partial charge >= 0.3 is 0 Å². The highest BCUT2D eigenvalue weighted by molar-refractivity contribution is 8.13. The Bertz CT molecular complexity index is 2230. The summed E-state index contributed by atoms with van der Waals surface area (Å²) >= 11 is 0.995. The number of anilines is 1. The number of nitrogens with zero attached hydrogens (tertiary/aromatic N) is 4. The molecule has 2 aromatic rings. The molecule has 2 unspecified atom stereocenters. The number of amides is 2. The highest BCUT2D eigenvalue weighted by Gasteiger charge is 2.53. The SMILES string of the molecule is CC(C)(COP(=O)([O-])OP(=O)([O-])OC[C@H]1O[C@@H](n2cnc3c(N)ncnc32)[C@H](O)[C@@H]1OP(=O)([O-])[O-])[C@@H](O)C(=O)NCCC(=O)NCCSC(=O)CC[C@@H]1C(=O)CC[C@]2(C)C(=O)CC[C@@H]12. The van der Waals surface area contributed by atoms with Gasteiger partial charge in [-0.1, -0.05) is 32.5 Å². The zero-order chi connectivity index (χ0) is 47.4. The van der Waals surface area contributed by atoms with E-state index in [1.165, 1.54) is 13.8 Å². The molecule has 64 heavy (non-hydrogen) atoms. The van der Waals surface area contributed by atoms with Gasteiger partial charge in [-0.3, -0.25) is 37.7 Å². The summed E-state index contributed by atoms with van der Waals surface area (Å²) in [7, 11) is -17.7. The van der Waals surface area contributed by atoms with Crippen molar-refractivity contribution in [2.45, 2.75) is 96.4 Å². The standard InChI is InChI=1S/C34H52N7O19P3S/c1-33(2,28(47)31(48)37-11-9-23(44)36-12-13-64-24(45)7-4-18-19-5-6-22(43)34(19,3)10-8-20(18)42)15-57-63(54,55)60-62(52,53)56-14-21-27(59-61(49,50)51)26(46)32(58-21)41-17-40-25-29(35)38-16-39-30(25)41/h16-19,21,26-28,32,46-47H,4-15H2,1-3H3,(H,36,44)(H,37,48)(H,52,53)(H,54,55)(H2,35,38,39)(H2,49,50,51)/p-4/t18-,19-,21+,26+,27+,28-,32+,34-/m0/s1. The molecule has 0 bridgehead atoms. The number of phosphoric ester groups is 3. The van der Waals surface area contributed by atoms with E-state index >= 15 is 0 Å². The van der Waals surface area contributed by atoms with Crippen molar-refractivity contribution < 1.29 is 90.1 Å². The largest absolute Gasteiger partial charge is 0.790 e. The maximum atomic E-state index is 12.6. The van der Waals surface area contributed by atoms with Crippen LogP contribution in [-0.2, 0) is 60.3 Å². The van der Waals surface area contributed by atoms with Crippen LogP contribution in [0, 0.1) is 22.7 Å². The van der Waals surface area contributed by atoms with E-state index in [1.807, 2.05) is 6.92 Å². The minimum absolute atomic E-state index is 0.0299. The maximum absolute atomic E-state index is 12.6. The van der Waals surface area contributed by atoms with Crippen molar-refractivity contribution in [2.75, 3.05) is 37.8 Å². The molecule has 3 heterocycles. The third-order valence-corrected chi connectivity index (χ3v) is 15.3. The van der Waals surface area contributed by atoms with Gasteiger partial charge in [0.2, 0.25) is 11.8 Å². The number of carbonyl (C=O) groups is 5. The van der Waals surface area contributed by atoms with Crippen molar-refractivity contribution in [3.63, 3.8) is 0 Å². The van der Waals surface area contributed by atoms with Gasteiger partial charge in [0.25, 0.3) is 15.6 Å². The van der Waals surface area contributed by atoms with Gasteiger partial charge in [0.1, 0.15) is 47.8 Å². The maximum Gasteiger partial charge on any atom is 0.274 e. The van der Waals surface area contributed by atoms with Gasteiger partial charge in [0.15, 0.2) is 22.8 Å². The van der Waals surface area contributed by atoms with Crippen LogP contribution in [0.3, 0.4) is 0 Å². The molecule has 6 N–H and O–H groups in total. The average molecular weight is 984 g/mol. The molecule has 2 amide bonds. The molecule has 30 heteroatoms. The number of hydrogen-bond acceptors (Lipinski definition) is 24. The van der Waals surface area contributed by atoms with Gasteiger partial charge in [-0.25, -0.2) is 19.3 Å². The molecule has 2 aromatic heterocycles. The van der Waals surface area contributed by atoms with Crippen LogP contribution in [0.5, 0.6) is 0 Å². The van der Waals surface area contributed by atoms with E-state index in [0.717, 1.165) is 29.0 Å². The molecule has 10 atom stereocenters. The first-order valence-corrected chi connectivity index (χ1v) is 25.1. The molecule has 0 aromatic carbocycles. The van der Waals surface area contributed by atoms with Crippen LogP contribution in [0.1, 0.15) is 71.9 Å². The normalized spacial score (nSPS) is 27.5. The summed E-state index contributed by atoms with van der Waals surface area (Å²) in [4.78, 5) is 122. The number of phosphoric acid groups is 3. The van der Waals surface area contributed by atoms with E-state index in [0.29, 0.717) is 32.1 Å². The Balaban J connectivity index is 1.01. The number of Topliss-reactive ketones (excluding diaryl/α,β-unsaturated/α-hetero) is 2. The van der Waals surface area contributed by atoms with Gasteiger partial charge < -0.3 is 69.0 Å². The lowest BCUT2D eigenvalue weighted by Gasteiger charge is -2.39. The number of aliphatic hydroxyl groups is 2. The zero-order valence-corrected chi connectivity index (χ0v) is 38.1. The van der Waals surface area contributed by atoms with Crippen LogP contribution in [-0.4, -0.2) is 115 Å². The van der Waals surface area contributed by atoms with E-state index < -0.39 is 90.0 Å². The van der Waals surface area contributed by atoms with Gasteiger partial charge in [0, 0.05) is 61.3 Å². The Morgan fingerprint density at radius 1 is 1.06 bits per heavy atom. The summed E-state index contributed by atoms with van der Waals surface area (Å²) in [6.07, 6.45) is -5.23. The number of hydrogen-bond donors (Lipinski definition) is 5. The lowest BCUT2D eigenvalue weighted by atomic mass is 9.62. The minimum Gasteiger partial charge on any atom is -0.790 e. The number of thioether (sulfide) groups is 1. The smallest absolute Gasteiger partial charge is 0.274 e. The Morgan fingerprint density at radius 3 is 2.47 bits per heavy atom. The molecule has 3 aliphatic rings. The molecule has 0 spiro atoms. The fourth-order valence-electron chi connectivity index (χ4n) is 7.84. The summed E-state index contributed by atoms with van der Waals surface area (Å²) in [6, 6.07) is 0. The second-order valence-corrected chi connectivity index (χ2v) is 21.5. The van der Waals surface area contributed by atoms with E-state index in [-0.39, 0.29) is 77.2 Å². The summed E-state index contributed by atoms with van der Waals surface area (Å²) in [6.45, 7) is 1.82. The molecule has 5 rings (SSSR count). The van der Waals surface area contributed by atoms with Crippen LogP contribution in [0.25, 0.3) is 11.2 Å². The predicted octanol–water partition coefficient (Wildman–Crippen LogP) is -2.12. The number of carbonyl (C=O) groups excluding carboxylic acids is 5. The van der Waals surface area contributed by atoms with Crippen LogP contribution in [0.2, 0.25) is 0 Å². The number of nitrogens with one attached hydrogen (secondary N) is 2. The van der Waals surface area contributed by atoms with Crippen LogP contribution in [0.4, 0.5) is 5.82 Å². The van der Waals surface area contributed by atoms with Crippen LogP contribution < -0.4 is 35.9 Å². The highest BCUT2D eigenvalue weighted by Crippen LogP contribution is 2.57. The molecule has 2 saturated carbocycles. The number of rotatable bonds is 22. The van der Waals surface area contributed by atoms with Crippen LogP contribution >= 0.6 is 35.2 Å². The number of ether oxygens (including phenoxy) is 1. The molecule has 1 saturated heterocycles. The average Bonchev–Trinajstić information content (AvgIpc) is 3.86. The van der Waals surface area contributed by atoms with Gasteiger partial charge in [0.05, 0.1) is 27.4 Å². The number of aromatic nitrogens is 4. The van der Waals surface area contributed by atoms with Crippen molar-refractivity contribution in [3.8, 4) is 0 Å². The monoisotopic (exact) mass is 983 g/mol. The Labute approximate surface area is 369 Å². The Hall–Kier alpha value is -3.10. The van der Waals surface area contributed by atoms with E-state index in [1.54, 1.807) is 0 Å². The number of imidazole rings is 1. The molecule has 1 aliphatic heterocycles. The quantitative estimate of drug-likeness (QED) is 0.0622. The van der Waals surface area contributed by atoms with Crippen molar-refractivity contribution in [1.29, 1.82) is 0 Å². The Morgan fingerprint density at radius 2 is 1.77 bits per heavy atom. The fraction of sp³-hybridized carbons (Fsp3) is 0.706. The zero-order valence-electron chi connectivity index (χ0n) is 34.6. The number of aliphatic hydroxyl groups excluding tert-OH is 2. The van der Waals surface area contributed by atoms with Crippen molar-refractivity contribution in [2.24, 2.45) is 22.7 Å². The summed E-state index contributed by atoms with van der Waals surface area (Å²) in [5.41, 5.74) is 3.52. The minimum atomic E-state index is -5.94. The lowest BCUT2D eigenvalue weighted by molar-refractivity contribution is -0.347. The molecule has 0 radical (unpaired) electrons. The molecule has 3 fully saturated rings. The topological polar surface area (TPSA) is 409 Å². The molecule has 2 aliphatic carbocycles. The first-order valence-electron chi connectivity index (χ1n) is 19.8. The number of fused-ring (bicyclic) bond motifs is 2. The van der Waals surface area contributed by atoms with E-state index in [4.69, 9.17) is 10.5 Å². The van der Waals surface area contributed by atoms with E-state index in [2.05, 4.69) is 43.5 Å². The number of ketones is 2. The molecule has 26 nitrogen and oxygen atoms in total. The summed E-state index contributed by atoms with van der Waals surface area (Å²) in [5.74, 6) is -1.50. The van der Waals surface area contributed by atoms with Crippen molar-refractivity contribution >= 4 is 80.7 Å². The van der Waals surface area contributed by atoms with Crippen LogP contribution in [0.15, 0.2) is 12.7 Å². The van der Waals surface area contributed by atoms with Gasteiger partial charge in [-0.2, -0.15) is 0 Å². The summed E-state index contributed by atoms with van der Waals surface area (Å²) in [5, 5.41) is 26.2. The first-order chi connectivity index (χ1) is 29.7. The highest BCUT2D eigenvalue weighted by atomic mass is 32.2. The third-order valence-electron chi connectivity index (χ3n) is 11.3. The third kappa shape index (κ3) is 13.1. The first kappa shape index (κ1) is 51.9. The fourth-order valence-corrected chi connectivity index (χ4v) is 11.3. The van der Waals surface area contributed by atoms with Crippen molar-refractivity contribution in [1.82, 2.24) is 30.2 Å². The number of nitrogen functional groups attached to an aromatic ring is 1. The lowest BCUT2D eigenvalue weighted by Crippen LogP contribution is -2.46. The second-order valence-electron chi connectivity index (χ2n) is 16.3. The molecule has 358 valence electrons. The van der Waals surface area contributed by atoms with Crippen molar-refractivity contribution in [3.05, 3.63) is 12.7 Å². The van der Waals surface area contributed by atoms with Gasteiger partial charge in [-0.05, 0) is 25.2 Å². The number of nitrogens with two attached hydrogens (primary N) is 1. The molecular weight excluding hydrogens is 935 g/mol. The van der Waals surface area contributed by atoms with E-state index in [9.17, 15) is 67.5 Å². The van der Waals surface area contributed by atoms with Gasteiger partial charge in [-0.15, -0.1) is 0 Å².